The van der Waals surface area contributed by atoms with E-state index in [2.05, 4.69) is 0 Å². The molecular weight excluding hydrogens is 273 g/mol. The van der Waals surface area contributed by atoms with Crippen molar-refractivity contribution in [3.63, 3.8) is 0 Å². The van der Waals surface area contributed by atoms with Crippen molar-refractivity contribution in [1.82, 2.24) is 0 Å². The van der Waals surface area contributed by atoms with Gasteiger partial charge in [0.15, 0.2) is 9.79 Å². The third-order valence-electron chi connectivity index (χ3n) is 2.63. The maximum atomic E-state index is 12.4. The minimum Gasteiger partial charge on any atom is -0.606 e. The van der Waals surface area contributed by atoms with Crippen LogP contribution in [0.1, 0.15) is 11.1 Å². The minimum absolute atomic E-state index is 0.358. The fraction of sp³-hybridized carbons (Fsp3) is 0.143. The van der Waals surface area contributed by atoms with E-state index in [4.69, 9.17) is 0 Å². The van der Waals surface area contributed by atoms with E-state index < -0.39 is 22.9 Å². The predicted molar refractivity (Wildman–Crippen MR) is 67.3 cm³/mol. The monoisotopic (exact) mass is 284 g/mol. The van der Waals surface area contributed by atoms with Crippen molar-refractivity contribution in [3.05, 3.63) is 59.7 Å². The van der Waals surface area contributed by atoms with E-state index in [1.54, 1.807) is 12.1 Å². The summed E-state index contributed by atoms with van der Waals surface area (Å²) in [7, 11) is 0. The van der Waals surface area contributed by atoms with Gasteiger partial charge >= 0.3 is 6.18 Å². The summed E-state index contributed by atoms with van der Waals surface area (Å²) in [5, 5.41) is 0. The van der Waals surface area contributed by atoms with Crippen molar-refractivity contribution >= 4 is 11.2 Å². The Morgan fingerprint density at radius 2 is 1.26 bits per heavy atom. The molecule has 0 aliphatic heterocycles. The Morgan fingerprint density at radius 1 is 0.842 bits per heavy atom. The van der Waals surface area contributed by atoms with Crippen LogP contribution in [0.15, 0.2) is 58.3 Å². The average Bonchev–Trinajstić information content (AvgIpc) is 2.38. The Hall–Kier alpha value is -1.46. The maximum absolute atomic E-state index is 12.4. The quantitative estimate of drug-likeness (QED) is 0.759. The number of alkyl halides is 3. The number of rotatable bonds is 2. The summed E-state index contributed by atoms with van der Waals surface area (Å²) in [6.07, 6.45) is -4.37. The third-order valence-corrected chi connectivity index (χ3v) is 4.03. The molecule has 0 aliphatic rings. The van der Waals surface area contributed by atoms with Gasteiger partial charge in [0.2, 0.25) is 0 Å². The van der Waals surface area contributed by atoms with Crippen molar-refractivity contribution in [3.8, 4) is 0 Å². The van der Waals surface area contributed by atoms with Gasteiger partial charge in [0, 0.05) is 11.2 Å². The molecule has 0 fully saturated rings. The molecule has 1 unspecified atom stereocenters. The summed E-state index contributed by atoms with van der Waals surface area (Å²) < 4.78 is 49.4. The molecule has 0 heterocycles. The van der Waals surface area contributed by atoms with Crippen LogP contribution in [-0.2, 0) is 17.4 Å². The van der Waals surface area contributed by atoms with Crippen LogP contribution >= 0.6 is 0 Å². The van der Waals surface area contributed by atoms with Gasteiger partial charge in [0.1, 0.15) is 0 Å². The molecule has 0 spiro atoms. The summed E-state index contributed by atoms with van der Waals surface area (Å²) in [5.41, 5.74) is 0.297. The molecule has 5 heteroatoms. The zero-order valence-corrected chi connectivity index (χ0v) is 10.9. The Balaban J connectivity index is 2.25. The zero-order valence-electron chi connectivity index (χ0n) is 10.1. The Bertz CT molecular complexity index is 546. The van der Waals surface area contributed by atoms with E-state index in [1.807, 2.05) is 19.1 Å². The van der Waals surface area contributed by atoms with Gasteiger partial charge in [-0.05, 0) is 43.3 Å². The molecule has 1 nitrogen and oxygen atoms in total. The molecule has 0 saturated heterocycles. The van der Waals surface area contributed by atoms with Crippen LogP contribution in [0.5, 0.6) is 0 Å². The Morgan fingerprint density at radius 3 is 1.68 bits per heavy atom. The second-order valence-corrected chi connectivity index (χ2v) is 5.58. The van der Waals surface area contributed by atoms with Crippen LogP contribution in [0.25, 0.3) is 0 Å². The third kappa shape index (κ3) is 3.30. The number of hydrogen-bond donors (Lipinski definition) is 0. The fourth-order valence-electron chi connectivity index (χ4n) is 1.57. The van der Waals surface area contributed by atoms with Crippen molar-refractivity contribution in [2.75, 3.05) is 0 Å². The first kappa shape index (κ1) is 14.0. The molecule has 100 valence electrons. The van der Waals surface area contributed by atoms with Crippen LogP contribution in [0, 0.1) is 6.92 Å². The lowest BCUT2D eigenvalue weighted by Crippen LogP contribution is -2.06. The van der Waals surface area contributed by atoms with Crippen LogP contribution in [0.3, 0.4) is 0 Å². The molecule has 0 saturated carbocycles. The standard InChI is InChI=1S/C14H11F3OS/c1-10-2-6-12(7-3-10)19(18)13-8-4-11(5-9-13)14(15,16)17/h2-9H,1H3. The topological polar surface area (TPSA) is 23.1 Å². The van der Waals surface area contributed by atoms with Gasteiger partial charge < -0.3 is 4.55 Å². The average molecular weight is 284 g/mol. The van der Waals surface area contributed by atoms with Gasteiger partial charge in [-0.3, -0.25) is 0 Å². The highest BCUT2D eigenvalue weighted by Crippen LogP contribution is 2.30. The van der Waals surface area contributed by atoms with E-state index in [9.17, 15) is 17.7 Å². The SMILES string of the molecule is Cc1ccc([S+]([O-])c2ccc(C(F)(F)F)cc2)cc1. The number of hydrogen-bond acceptors (Lipinski definition) is 1. The molecule has 2 rings (SSSR count). The molecular formula is C14H11F3OS. The summed E-state index contributed by atoms with van der Waals surface area (Å²) in [6.45, 7) is 1.91. The second-order valence-electron chi connectivity index (χ2n) is 4.10. The van der Waals surface area contributed by atoms with E-state index in [1.165, 1.54) is 12.1 Å². The lowest BCUT2D eigenvalue weighted by molar-refractivity contribution is -0.137. The summed E-state index contributed by atoms with van der Waals surface area (Å²) in [4.78, 5) is 0.933. The first-order valence-electron chi connectivity index (χ1n) is 5.53. The molecule has 0 aliphatic carbocycles. The highest BCUT2D eigenvalue weighted by atomic mass is 32.2. The normalized spacial score (nSPS) is 13.3. The van der Waals surface area contributed by atoms with Gasteiger partial charge in [0.05, 0.1) is 5.56 Å². The molecule has 0 N–H and O–H groups in total. The summed E-state index contributed by atoms with van der Waals surface area (Å²) in [5.74, 6) is 0. The first-order chi connectivity index (χ1) is 8.88. The van der Waals surface area contributed by atoms with Crippen LogP contribution < -0.4 is 0 Å². The maximum Gasteiger partial charge on any atom is 0.416 e. The van der Waals surface area contributed by atoms with Crippen LogP contribution in [0.2, 0.25) is 0 Å². The summed E-state index contributed by atoms with van der Waals surface area (Å²) >= 11 is -1.46. The Kier molecular flexibility index (Phi) is 3.87. The predicted octanol–water partition coefficient (Wildman–Crippen LogP) is 4.18. The lowest BCUT2D eigenvalue weighted by Gasteiger charge is -2.11. The van der Waals surface area contributed by atoms with Gasteiger partial charge in [-0.25, -0.2) is 0 Å². The van der Waals surface area contributed by atoms with Crippen molar-refractivity contribution in [2.45, 2.75) is 22.9 Å². The smallest absolute Gasteiger partial charge is 0.416 e. The molecule has 1 atom stereocenters. The Labute approximate surface area is 112 Å². The molecule has 2 aromatic carbocycles. The van der Waals surface area contributed by atoms with Gasteiger partial charge in [-0.15, -0.1) is 0 Å². The zero-order chi connectivity index (χ0) is 14.0. The van der Waals surface area contributed by atoms with Gasteiger partial charge in [0.25, 0.3) is 0 Å². The van der Waals surface area contributed by atoms with E-state index in [0.29, 0.717) is 9.79 Å². The molecule has 0 radical (unpaired) electrons. The van der Waals surface area contributed by atoms with Crippen LogP contribution in [0.4, 0.5) is 13.2 Å². The van der Waals surface area contributed by atoms with Crippen molar-refractivity contribution in [2.24, 2.45) is 0 Å². The first-order valence-corrected chi connectivity index (χ1v) is 6.68. The largest absolute Gasteiger partial charge is 0.606 e. The number of halogens is 3. The highest BCUT2D eigenvalue weighted by molar-refractivity contribution is 7.91. The minimum atomic E-state index is -4.37. The molecule has 2 aromatic rings. The van der Waals surface area contributed by atoms with Crippen LogP contribution in [-0.4, -0.2) is 4.55 Å². The molecule has 0 amide bonds. The van der Waals surface area contributed by atoms with E-state index in [-0.39, 0.29) is 0 Å². The van der Waals surface area contributed by atoms with Crippen molar-refractivity contribution < 1.29 is 17.7 Å². The fourth-order valence-corrected chi connectivity index (χ4v) is 2.60. The van der Waals surface area contributed by atoms with Gasteiger partial charge in [-0.1, -0.05) is 17.7 Å². The number of aryl methyl sites for hydroxylation is 1. The molecule has 19 heavy (non-hydrogen) atoms. The van der Waals surface area contributed by atoms with E-state index in [0.717, 1.165) is 17.7 Å². The second kappa shape index (κ2) is 5.27. The highest BCUT2D eigenvalue weighted by Gasteiger charge is 2.30. The number of benzene rings is 2. The molecule has 0 aromatic heterocycles. The van der Waals surface area contributed by atoms with Crippen molar-refractivity contribution in [1.29, 1.82) is 0 Å². The molecule has 0 bridgehead atoms. The lowest BCUT2D eigenvalue weighted by atomic mass is 10.2. The van der Waals surface area contributed by atoms with Gasteiger partial charge in [-0.2, -0.15) is 13.2 Å². The van der Waals surface area contributed by atoms with E-state index >= 15 is 0 Å². The summed E-state index contributed by atoms with van der Waals surface area (Å²) in [6, 6.07) is 11.4.